The Morgan fingerprint density at radius 2 is 1.85 bits per heavy atom. The highest BCUT2D eigenvalue weighted by molar-refractivity contribution is 14.1. The van der Waals surface area contributed by atoms with Crippen LogP contribution in [0.2, 0.25) is 0 Å². The summed E-state index contributed by atoms with van der Waals surface area (Å²) in [6, 6.07) is 2.50. The van der Waals surface area contributed by atoms with Crippen molar-refractivity contribution in [2.75, 3.05) is 0 Å². The maximum absolute atomic E-state index is 12.3. The summed E-state index contributed by atoms with van der Waals surface area (Å²) in [4.78, 5) is 0. The van der Waals surface area contributed by atoms with Crippen LogP contribution < -0.4 is 0 Å². The lowest BCUT2D eigenvalue weighted by Crippen LogP contribution is -2.08. The summed E-state index contributed by atoms with van der Waals surface area (Å²) in [5.41, 5.74) is 0.0456. The molecular formula is C8H5BrF3I. The molecule has 0 spiro atoms. The fourth-order valence-corrected chi connectivity index (χ4v) is 2.36. The van der Waals surface area contributed by atoms with Crippen LogP contribution in [0.4, 0.5) is 13.2 Å². The average Bonchev–Trinajstić information content (AvgIpc) is 1.98. The lowest BCUT2D eigenvalue weighted by Gasteiger charge is -2.11. The molecule has 1 aromatic rings. The number of hydrogen-bond donors (Lipinski definition) is 0. The molecule has 0 aromatic heterocycles. The van der Waals surface area contributed by atoms with Gasteiger partial charge < -0.3 is 0 Å². The molecule has 0 heterocycles. The summed E-state index contributed by atoms with van der Waals surface area (Å²) >= 11 is 4.88. The van der Waals surface area contributed by atoms with Crippen molar-refractivity contribution in [3.8, 4) is 0 Å². The predicted octanol–water partition coefficient (Wildman–Crippen LogP) is 4.38. The van der Waals surface area contributed by atoms with Crippen molar-refractivity contribution < 1.29 is 13.2 Å². The largest absolute Gasteiger partial charge is 0.417 e. The van der Waals surface area contributed by atoms with Crippen LogP contribution in [0.1, 0.15) is 11.1 Å². The monoisotopic (exact) mass is 364 g/mol. The van der Waals surface area contributed by atoms with Crippen molar-refractivity contribution in [2.24, 2.45) is 0 Å². The molecule has 0 atom stereocenters. The second-order valence-electron chi connectivity index (χ2n) is 2.53. The van der Waals surface area contributed by atoms with Crippen LogP contribution >= 0.6 is 38.5 Å². The van der Waals surface area contributed by atoms with E-state index in [0.29, 0.717) is 10.0 Å². The van der Waals surface area contributed by atoms with E-state index in [1.165, 1.54) is 6.07 Å². The van der Waals surface area contributed by atoms with Crippen molar-refractivity contribution in [3.63, 3.8) is 0 Å². The molecule has 0 aliphatic rings. The second-order valence-corrected chi connectivity index (χ2v) is 4.46. The zero-order valence-electron chi connectivity index (χ0n) is 6.54. The molecule has 1 rings (SSSR count). The summed E-state index contributed by atoms with van der Waals surface area (Å²) < 4.78 is 38.0. The van der Waals surface area contributed by atoms with E-state index in [1.807, 2.05) is 0 Å². The average molecular weight is 365 g/mol. The van der Waals surface area contributed by atoms with Crippen LogP contribution in [0.5, 0.6) is 0 Å². The van der Waals surface area contributed by atoms with Gasteiger partial charge in [0.15, 0.2) is 0 Å². The fourth-order valence-electron chi connectivity index (χ4n) is 0.880. The lowest BCUT2D eigenvalue weighted by molar-refractivity contribution is -0.138. The molecule has 0 radical (unpaired) electrons. The highest BCUT2D eigenvalue weighted by Crippen LogP contribution is 2.36. The third-order valence-corrected chi connectivity index (χ3v) is 3.87. The molecule has 0 N–H and O–H groups in total. The normalized spacial score (nSPS) is 11.8. The van der Waals surface area contributed by atoms with Crippen molar-refractivity contribution >= 4 is 38.5 Å². The van der Waals surface area contributed by atoms with Crippen molar-refractivity contribution in [2.45, 2.75) is 13.1 Å². The number of halogens is 5. The molecule has 0 saturated carbocycles. The Bertz CT molecular complexity index is 333. The van der Waals surface area contributed by atoms with Gasteiger partial charge in [0.2, 0.25) is 0 Å². The van der Waals surface area contributed by atoms with Crippen LogP contribution in [-0.4, -0.2) is 0 Å². The van der Waals surface area contributed by atoms with Gasteiger partial charge in [-0.3, -0.25) is 0 Å². The van der Waals surface area contributed by atoms with E-state index < -0.39 is 11.7 Å². The van der Waals surface area contributed by atoms with Gasteiger partial charge in [0.05, 0.1) is 5.56 Å². The Morgan fingerprint density at radius 3 is 2.31 bits per heavy atom. The van der Waals surface area contributed by atoms with E-state index in [9.17, 15) is 13.2 Å². The predicted molar refractivity (Wildman–Crippen MR) is 56.6 cm³/mol. The number of rotatable bonds is 0. The third-order valence-electron chi connectivity index (χ3n) is 1.63. The highest BCUT2D eigenvalue weighted by Gasteiger charge is 2.33. The molecular weight excluding hydrogens is 360 g/mol. The van der Waals surface area contributed by atoms with E-state index in [-0.39, 0.29) is 3.57 Å². The van der Waals surface area contributed by atoms with Gasteiger partial charge in [-0.2, -0.15) is 13.2 Å². The molecule has 0 amide bonds. The molecule has 5 heteroatoms. The van der Waals surface area contributed by atoms with Gasteiger partial charge in [-0.05, 0) is 47.2 Å². The van der Waals surface area contributed by atoms with Gasteiger partial charge in [-0.1, -0.05) is 15.9 Å². The first kappa shape index (κ1) is 11.3. The summed E-state index contributed by atoms with van der Waals surface area (Å²) in [6.45, 7) is 1.65. The summed E-state index contributed by atoms with van der Waals surface area (Å²) in [5.74, 6) is 0. The summed E-state index contributed by atoms with van der Waals surface area (Å²) in [5, 5.41) is 0. The van der Waals surface area contributed by atoms with Gasteiger partial charge in [0.1, 0.15) is 0 Å². The lowest BCUT2D eigenvalue weighted by atomic mass is 10.1. The van der Waals surface area contributed by atoms with Gasteiger partial charge in [0.25, 0.3) is 0 Å². The van der Waals surface area contributed by atoms with Crippen LogP contribution in [0.25, 0.3) is 0 Å². The van der Waals surface area contributed by atoms with Gasteiger partial charge in [-0.25, -0.2) is 0 Å². The van der Waals surface area contributed by atoms with Gasteiger partial charge in [-0.15, -0.1) is 0 Å². The van der Waals surface area contributed by atoms with Crippen LogP contribution in [0.3, 0.4) is 0 Å². The van der Waals surface area contributed by atoms with Crippen molar-refractivity contribution in [1.82, 2.24) is 0 Å². The first-order valence-electron chi connectivity index (χ1n) is 3.36. The minimum absolute atomic E-state index is 0.250. The Labute approximate surface area is 95.8 Å². The number of hydrogen-bond acceptors (Lipinski definition) is 0. The summed E-state index contributed by atoms with van der Waals surface area (Å²) in [6.07, 6.45) is -4.26. The molecule has 0 unspecified atom stereocenters. The van der Waals surface area contributed by atoms with E-state index in [1.54, 1.807) is 29.5 Å². The quantitative estimate of drug-likeness (QED) is 0.599. The molecule has 13 heavy (non-hydrogen) atoms. The molecule has 0 fully saturated rings. The Balaban J connectivity index is 3.35. The van der Waals surface area contributed by atoms with Crippen molar-refractivity contribution in [3.05, 3.63) is 31.3 Å². The summed E-state index contributed by atoms with van der Waals surface area (Å²) in [7, 11) is 0. The minimum atomic E-state index is -4.26. The van der Waals surface area contributed by atoms with Crippen molar-refractivity contribution in [1.29, 1.82) is 0 Å². The molecule has 0 saturated heterocycles. The molecule has 72 valence electrons. The minimum Gasteiger partial charge on any atom is -0.166 e. The van der Waals surface area contributed by atoms with Crippen LogP contribution in [0, 0.1) is 10.5 Å². The molecule has 0 aliphatic heterocycles. The van der Waals surface area contributed by atoms with Crippen LogP contribution in [-0.2, 0) is 6.18 Å². The standard InChI is InChI=1S/C8H5BrF3I/c1-4-6(9)3-2-5(7(4)13)8(10,11)12/h2-3H,1H3. The zero-order valence-corrected chi connectivity index (χ0v) is 10.3. The molecule has 0 aliphatic carbocycles. The first-order chi connectivity index (χ1) is 5.84. The molecule has 0 nitrogen and oxygen atoms in total. The van der Waals surface area contributed by atoms with Crippen LogP contribution in [0.15, 0.2) is 16.6 Å². The number of benzene rings is 1. The SMILES string of the molecule is Cc1c(Br)ccc(C(F)(F)F)c1I. The maximum atomic E-state index is 12.3. The smallest absolute Gasteiger partial charge is 0.166 e. The van der Waals surface area contributed by atoms with E-state index in [4.69, 9.17) is 0 Å². The molecule has 0 bridgehead atoms. The van der Waals surface area contributed by atoms with E-state index in [0.717, 1.165) is 6.07 Å². The zero-order chi connectivity index (χ0) is 10.2. The Hall–Kier alpha value is 0.220. The highest BCUT2D eigenvalue weighted by atomic mass is 127. The fraction of sp³-hybridized carbons (Fsp3) is 0.250. The second kappa shape index (κ2) is 3.76. The number of alkyl halides is 3. The maximum Gasteiger partial charge on any atom is 0.417 e. The molecule has 1 aromatic carbocycles. The first-order valence-corrected chi connectivity index (χ1v) is 5.23. The Morgan fingerprint density at radius 1 is 1.31 bits per heavy atom. The van der Waals surface area contributed by atoms with Gasteiger partial charge in [0, 0.05) is 8.04 Å². The van der Waals surface area contributed by atoms with E-state index >= 15 is 0 Å². The topological polar surface area (TPSA) is 0 Å². The third kappa shape index (κ3) is 2.37. The van der Waals surface area contributed by atoms with Gasteiger partial charge >= 0.3 is 6.18 Å². The Kier molecular flexibility index (Phi) is 3.27. The van der Waals surface area contributed by atoms with E-state index in [2.05, 4.69) is 15.9 Å².